The fraction of sp³-hybridized carbons (Fsp3) is 0.222. The van der Waals surface area contributed by atoms with E-state index in [4.69, 9.17) is 20.4 Å². The highest BCUT2D eigenvalue weighted by molar-refractivity contribution is 9.10. The van der Waals surface area contributed by atoms with Crippen molar-refractivity contribution in [2.45, 2.75) is 4.90 Å². The maximum atomic E-state index is 13.0. The summed E-state index contributed by atoms with van der Waals surface area (Å²) in [5.74, 6) is 0.926. The van der Waals surface area contributed by atoms with E-state index in [1.165, 1.54) is 16.6 Å². The largest absolute Gasteiger partial charge is 0.459 e. The van der Waals surface area contributed by atoms with Crippen molar-refractivity contribution in [1.29, 1.82) is 5.26 Å². The lowest BCUT2D eigenvalue weighted by atomic mass is 10.3. The number of halogens is 2. The van der Waals surface area contributed by atoms with Crippen molar-refractivity contribution in [3.8, 4) is 17.7 Å². The van der Waals surface area contributed by atoms with Gasteiger partial charge in [-0.2, -0.15) is 14.6 Å². The zero-order valence-corrected chi connectivity index (χ0v) is 18.0. The van der Waals surface area contributed by atoms with Crippen LogP contribution in [0, 0.1) is 11.3 Å². The Labute approximate surface area is 180 Å². The van der Waals surface area contributed by atoms with Gasteiger partial charge in [0.1, 0.15) is 11.0 Å². The highest BCUT2D eigenvalue weighted by Crippen LogP contribution is 2.31. The summed E-state index contributed by atoms with van der Waals surface area (Å²) in [5, 5.41) is 9.55. The van der Waals surface area contributed by atoms with Crippen molar-refractivity contribution in [1.82, 2.24) is 9.29 Å². The van der Waals surface area contributed by atoms with Gasteiger partial charge in [0.2, 0.25) is 21.6 Å². The average Bonchev–Trinajstić information content (AvgIpc) is 3.37. The summed E-state index contributed by atoms with van der Waals surface area (Å²) in [6, 6.07) is 10.1. The van der Waals surface area contributed by atoms with E-state index in [0.29, 0.717) is 29.2 Å². The van der Waals surface area contributed by atoms with E-state index < -0.39 is 10.0 Å². The Balaban J connectivity index is 1.53. The van der Waals surface area contributed by atoms with Gasteiger partial charge in [0.05, 0.1) is 11.3 Å². The summed E-state index contributed by atoms with van der Waals surface area (Å²) in [4.78, 5) is 6.03. The quantitative estimate of drug-likeness (QED) is 0.541. The summed E-state index contributed by atoms with van der Waals surface area (Å²) in [7, 11) is -3.73. The molecule has 0 atom stereocenters. The summed E-state index contributed by atoms with van der Waals surface area (Å²) >= 11 is 9.41. The van der Waals surface area contributed by atoms with E-state index in [1.54, 1.807) is 29.2 Å². The third kappa shape index (κ3) is 3.79. The monoisotopic (exact) mass is 496 g/mol. The van der Waals surface area contributed by atoms with E-state index in [0.717, 1.165) is 0 Å². The number of anilines is 1. The molecule has 1 aliphatic rings. The van der Waals surface area contributed by atoms with Crippen molar-refractivity contribution in [3.05, 3.63) is 51.8 Å². The van der Waals surface area contributed by atoms with E-state index in [9.17, 15) is 13.7 Å². The molecule has 0 spiro atoms. The summed E-state index contributed by atoms with van der Waals surface area (Å²) in [6.07, 6.45) is 1.49. The molecule has 3 aromatic rings. The number of hydrogen-bond donors (Lipinski definition) is 0. The van der Waals surface area contributed by atoms with Crippen LogP contribution in [0.1, 0.15) is 5.69 Å². The van der Waals surface area contributed by atoms with Crippen LogP contribution in [0.5, 0.6) is 0 Å². The number of benzene rings is 1. The molecule has 0 bridgehead atoms. The minimum atomic E-state index is -3.73. The Morgan fingerprint density at radius 1 is 1.21 bits per heavy atom. The molecule has 0 radical (unpaired) electrons. The van der Waals surface area contributed by atoms with Crippen molar-refractivity contribution in [2.75, 3.05) is 31.1 Å². The van der Waals surface area contributed by atoms with Gasteiger partial charge < -0.3 is 13.7 Å². The summed E-state index contributed by atoms with van der Waals surface area (Å²) in [6.45, 7) is 1.12. The first-order chi connectivity index (χ1) is 13.9. The van der Waals surface area contributed by atoms with Gasteiger partial charge in [-0.25, -0.2) is 8.42 Å². The lowest BCUT2D eigenvalue weighted by Crippen LogP contribution is -2.48. The van der Waals surface area contributed by atoms with E-state index in [1.807, 2.05) is 6.07 Å². The van der Waals surface area contributed by atoms with Crippen LogP contribution in [-0.2, 0) is 10.0 Å². The predicted molar refractivity (Wildman–Crippen MR) is 109 cm³/mol. The second-order valence-electron chi connectivity index (χ2n) is 6.23. The van der Waals surface area contributed by atoms with Crippen LogP contribution in [0.25, 0.3) is 11.7 Å². The molecule has 4 rings (SSSR count). The van der Waals surface area contributed by atoms with E-state index in [-0.39, 0.29) is 34.6 Å². The number of rotatable bonds is 4. The predicted octanol–water partition coefficient (Wildman–Crippen LogP) is 3.73. The minimum absolute atomic E-state index is 0.0632. The molecule has 2 aromatic heterocycles. The van der Waals surface area contributed by atoms with Crippen LogP contribution in [0.4, 0.5) is 5.88 Å². The zero-order valence-electron chi connectivity index (χ0n) is 14.9. The number of furan rings is 1. The second kappa shape index (κ2) is 7.84. The molecule has 0 N–H and O–H groups in total. The molecular weight excluding hydrogens is 484 g/mol. The molecule has 8 nitrogen and oxygen atoms in total. The maximum Gasteiger partial charge on any atom is 0.266 e. The van der Waals surface area contributed by atoms with Gasteiger partial charge in [0.15, 0.2) is 5.76 Å². The Bertz CT molecular complexity index is 1180. The molecule has 0 amide bonds. The molecule has 3 heterocycles. The molecule has 1 fully saturated rings. The molecule has 1 saturated heterocycles. The molecule has 0 unspecified atom stereocenters. The van der Waals surface area contributed by atoms with Crippen LogP contribution in [0.15, 0.2) is 54.8 Å². The van der Waals surface area contributed by atoms with Gasteiger partial charge in [0.25, 0.3) is 5.89 Å². The summed E-state index contributed by atoms with van der Waals surface area (Å²) in [5.41, 5.74) is 0.128. The van der Waals surface area contributed by atoms with Crippen LogP contribution in [0.2, 0.25) is 5.02 Å². The molecular formula is C18H14BrClN4O4S. The number of nitriles is 1. The molecule has 0 saturated carbocycles. The van der Waals surface area contributed by atoms with Crippen LogP contribution >= 0.6 is 27.5 Å². The normalized spacial score (nSPS) is 15.4. The smallest absolute Gasteiger partial charge is 0.266 e. The van der Waals surface area contributed by atoms with Crippen LogP contribution in [-0.4, -0.2) is 43.9 Å². The van der Waals surface area contributed by atoms with Gasteiger partial charge in [-0.1, -0.05) is 27.5 Å². The second-order valence-corrected chi connectivity index (χ2v) is 9.46. The topological polar surface area (TPSA) is 104 Å². The zero-order chi connectivity index (χ0) is 20.6. The Morgan fingerprint density at radius 2 is 1.97 bits per heavy atom. The van der Waals surface area contributed by atoms with Crippen molar-refractivity contribution >= 4 is 43.4 Å². The SMILES string of the molecule is N#Cc1nc(-c2ccco2)oc1N1CCN(S(=O)(=O)c2ccc(Br)cc2Cl)CC1. The molecule has 1 aromatic carbocycles. The number of sulfonamides is 1. The first kappa shape index (κ1) is 20.0. The minimum Gasteiger partial charge on any atom is -0.459 e. The molecule has 0 aliphatic carbocycles. The lowest BCUT2D eigenvalue weighted by molar-refractivity contribution is 0.374. The average molecular weight is 498 g/mol. The number of oxazole rings is 1. The lowest BCUT2D eigenvalue weighted by Gasteiger charge is -2.33. The highest BCUT2D eigenvalue weighted by atomic mass is 79.9. The van der Waals surface area contributed by atoms with Gasteiger partial charge in [-0.3, -0.25) is 0 Å². The van der Waals surface area contributed by atoms with Crippen molar-refractivity contribution in [2.24, 2.45) is 0 Å². The van der Waals surface area contributed by atoms with Gasteiger partial charge in [0, 0.05) is 30.7 Å². The van der Waals surface area contributed by atoms with E-state index in [2.05, 4.69) is 20.9 Å². The standard InChI is InChI=1S/C18H14BrClN4O4S/c19-12-3-4-16(13(20)10-12)29(25,26)24-7-5-23(6-8-24)18-14(11-21)22-17(28-18)15-2-1-9-27-15/h1-4,9-10H,5-8H2. The molecule has 11 heteroatoms. The molecule has 150 valence electrons. The van der Waals surface area contributed by atoms with Crippen molar-refractivity contribution in [3.63, 3.8) is 0 Å². The highest BCUT2D eigenvalue weighted by Gasteiger charge is 2.32. The third-order valence-corrected chi connectivity index (χ3v) is 7.36. The number of aromatic nitrogens is 1. The first-order valence-corrected chi connectivity index (χ1v) is 11.2. The van der Waals surface area contributed by atoms with Crippen LogP contribution < -0.4 is 4.90 Å². The van der Waals surface area contributed by atoms with Gasteiger partial charge in [-0.15, -0.1) is 0 Å². The summed E-state index contributed by atoms with van der Waals surface area (Å²) < 4.78 is 39.0. The Kier molecular flexibility index (Phi) is 5.40. The number of piperazine rings is 1. The first-order valence-electron chi connectivity index (χ1n) is 8.55. The Morgan fingerprint density at radius 3 is 2.59 bits per heavy atom. The molecule has 1 aliphatic heterocycles. The van der Waals surface area contributed by atoms with Crippen molar-refractivity contribution < 1.29 is 17.3 Å². The third-order valence-electron chi connectivity index (χ3n) is 4.48. The maximum absolute atomic E-state index is 13.0. The number of hydrogen-bond acceptors (Lipinski definition) is 7. The van der Waals surface area contributed by atoms with Gasteiger partial charge in [-0.05, 0) is 30.3 Å². The van der Waals surface area contributed by atoms with Gasteiger partial charge >= 0.3 is 0 Å². The van der Waals surface area contributed by atoms with Crippen LogP contribution in [0.3, 0.4) is 0 Å². The number of nitrogens with zero attached hydrogens (tertiary/aromatic N) is 4. The fourth-order valence-corrected chi connectivity index (χ4v) is 5.49. The fourth-order valence-electron chi connectivity index (χ4n) is 3.06. The van der Waals surface area contributed by atoms with E-state index >= 15 is 0 Å². The Hall–Kier alpha value is -2.32. The molecule has 29 heavy (non-hydrogen) atoms.